The van der Waals surface area contributed by atoms with Crippen LogP contribution in [-0.4, -0.2) is 21.7 Å². The summed E-state index contributed by atoms with van der Waals surface area (Å²) in [4.78, 5) is 32.2. The summed E-state index contributed by atoms with van der Waals surface area (Å²) in [6.45, 7) is 9.85. The molecule has 1 aliphatic rings. The summed E-state index contributed by atoms with van der Waals surface area (Å²) in [6, 6.07) is 17.0. The van der Waals surface area contributed by atoms with Gasteiger partial charge >= 0.3 is 5.97 Å². The molecule has 0 radical (unpaired) electrons. The number of aryl methyl sites for hydroxylation is 2. The molecule has 3 heterocycles. The van der Waals surface area contributed by atoms with E-state index < -0.39 is 12.0 Å². The van der Waals surface area contributed by atoms with E-state index in [1.807, 2.05) is 75.4 Å². The summed E-state index contributed by atoms with van der Waals surface area (Å²) in [6.07, 6.45) is 1.91. The lowest BCUT2D eigenvalue weighted by atomic mass is 9.95. The molecule has 0 spiro atoms. The molecule has 2 aromatic heterocycles. The summed E-state index contributed by atoms with van der Waals surface area (Å²) in [7, 11) is 0. The maximum absolute atomic E-state index is 13.9. The van der Waals surface area contributed by atoms with E-state index >= 15 is 0 Å². The van der Waals surface area contributed by atoms with Crippen molar-refractivity contribution in [3.63, 3.8) is 0 Å². The van der Waals surface area contributed by atoms with Crippen molar-refractivity contribution in [2.24, 2.45) is 4.99 Å². The first-order chi connectivity index (χ1) is 18.2. The number of halogens is 1. The molecular weight excluding hydrogens is 518 g/mol. The Bertz CT molecular complexity index is 1770. The molecule has 5 rings (SSSR count). The first-order valence-corrected chi connectivity index (χ1v) is 13.6. The van der Waals surface area contributed by atoms with Gasteiger partial charge in [0.05, 0.1) is 28.5 Å². The Labute approximate surface area is 229 Å². The zero-order valence-electron chi connectivity index (χ0n) is 21.9. The van der Waals surface area contributed by atoms with Crippen molar-refractivity contribution >= 4 is 35.0 Å². The van der Waals surface area contributed by atoms with Crippen molar-refractivity contribution in [3.05, 3.63) is 119 Å². The highest BCUT2D eigenvalue weighted by molar-refractivity contribution is 7.07. The molecule has 6 nitrogen and oxygen atoms in total. The lowest BCUT2D eigenvalue weighted by Crippen LogP contribution is -2.39. The molecule has 0 unspecified atom stereocenters. The molecule has 2 aromatic carbocycles. The number of rotatable bonds is 5. The molecule has 0 fully saturated rings. The predicted octanol–water partition coefficient (Wildman–Crippen LogP) is 5.17. The number of carbonyl (C=O) groups excluding carboxylic acids is 1. The zero-order valence-corrected chi connectivity index (χ0v) is 23.5. The van der Waals surface area contributed by atoms with E-state index in [2.05, 4.69) is 15.6 Å². The van der Waals surface area contributed by atoms with Gasteiger partial charge in [-0.05, 0) is 76.1 Å². The van der Waals surface area contributed by atoms with Crippen LogP contribution in [0.5, 0.6) is 0 Å². The van der Waals surface area contributed by atoms with Gasteiger partial charge in [0.15, 0.2) is 4.80 Å². The molecule has 4 aromatic rings. The average molecular weight is 546 g/mol. The number of nitrogens with zero attached hydrogens (tertiary/aromatic N) is 3. The molecule has 0 aliphatic carbocycles. The minimum Gasteiger partial charge on any atom is -0.463 e. The lowest BCUT2D eigenvalue weighted by Gasteiger charge is -2.24. The number of allylic oxidation sites excluding steroid dienone is 1. The Balaban J connectivity index is 1.69. The standard InChI is InChI=1S/C30H28ClN3O3S/c1-6-37-29(36)26-19(4)32-30-34(27(26)21-12-10-17(2)11-13-21)28(35)25(38-30)15-22-14-18(3)33(20(22)5)24-9-7-8-23(31)16-24/h7-16,27H,6H2,1-5H3/b25-15+/t27-/m1/s1. The van der Waals surface area contributed by atoms with E-state index in [9.17, 15) is 9.59 Å². The van der Waals surface area contributed by atoms with Crippen LogP contribution >= 0.6 is 22.9 Å². The zero-order chi connectivity index (χ0) is 27.1. The Hall–Kier alpha value is -3.68. The number of carbonyl (C=O) groups is 1. The van der Waals surface area contributed by atoms with Crippen LogP contribution in [0.1, 0.15) is 48.0 Å². The fourth-order valence-electron chi connectivity index (χ4n) is 4.94. The van der Waals surface area contributed by atoms with Gasteiger partial charge in [0.2, 0.25) is 0 Å². The van der Waals surface area contributed by atoms with Gasteiger partial charge in [-0.15, -0.1) is 0 Å². The lowest BCUT2D eigenvalue weighted by molar-refractivity contribution is -0.139. The predicted molar refractivity (Wildman–Crippen MR) is 152 cm³/mol. The molecule has 0 saturated heterocycles. The highest BCUT2D eigenvalue weighted by Crippen LogP contribution is 2.31. The van der Waals surface area contributed by atoms with Gasteiger partial charge in [-0.25, -0.2) is 9.79 Å². The first-order valence-electron chi connectivity index (χ1n) is 12.4. The van der Waals surface area contributed by atoms with Gasteiger partial charge in [0, 0.05) is 22.1 Å². The number of benzene rings is 2. The van der Waals surface area contributed by atoms with E-state index in [1.165, 1.54) is 11.3 Å². The van der Waals surface area contributed by atoms with Crippen LogP contribution < -0.4 is 14.9 Å². The fourth-order valence-corrected chi connectivity index (χ4v) is 6.17. The summed E-state index contributed by atoms with van der Waals surface area (Å²) < 4.78 is 9.66. The van der Waals surface area contributed by atoms with Gasteiger partial charge in [-0.3, -0.25) is 9.36 Å². The number of esters is 1. The van der Waals surface area contributed by atoms with Crippen LogP contribution in [0.2, 0.25) is 5.02 Å². The third-order valence-electron chi connectivity index (χ3n) is 6.73. The Morgan fingerprint density at radius 1 is 1.11 bits per heavy atom. The van der Waals surface area contributed by atoms with Crippen molar-refractivity contribution in [3.8, 4) is 5.69 Å². The number of aromatic nitrogens is 2. The molecule has 1 atom stereocenters. The Morgan fingerprint density at radius 3 is 2.53 bits per heavy atom. The summed E-state index contributed by atoms with van der Waals surface area (Å²) in [5, 5.41) is 0.661. The minimum atomic E-state index is -0.619. The van der Waals surface area contributed by atoms with Gasteiger partial charge < -0.3 is 9.30 Å². The molecular formula is C30H28ClN3O3S. The quantitative estimate of drug-likeness (QED) is 0.325. The Kier molecular flexibility index (Phi) is 6.99. The highest BCUT2D eigenvalue weighted by atomic mass is 35.5. The largest absolute Gasteiger partial charge is 0.463 e. The van der Waals surface area contributed by atoms with Gasteiger partial charge in [0.25, 0.3) is 5.56 Å². The molecule has 38 heavy (non-hydrogen) atoms. The number of hydrogen-bond acceptors (Lipinski definition) is 5. The van der Waals surface area contributed by atoms with Crippen molar-refractivity contribution in [1.82, 2.24) is 9.13 Å². The third-order valence-corrected chi connectivity index (χ3v) is 7.95. The molecule has 0 N–H and O–H groups in total. The summed E-state index contributed by atoms with van der Waals surface area (Å²) in [5.41, 5.74) is 6.59. The molecule has 0 bridgehead atoms. The smallest absolute Gasteiger partial charge is 0.338 e. The van der Waals surface area contributed by atoms with Crippen LogP contribution in [0.25, 0.3) is 11.8 Å². The van der Waals surface area contributed by atoms with Crippen molar-refractivity contribution in [2.75, 3.05) is 6.61 Å². The highest BCUT2D eigenvalue weighted by Gasteiger charge is 2.33. The molecule has 1 aliphatic heterocycles. The third kappa shape index (κ3) is 4.57. The van der Waals surface area contributed by atoms with E-state index in [0.29, 0.717) is 25.6 Å². The van der Waals surface area contributed by atoms with Crippen molar-refractivity contribution < 1.29 is 9.53 Å². The molecule has 194 valence electrons. The summed E-state index contributed by atoms with van der Waals surface area (Å²) >= 11 is 7.57. The number of fused-ring (bicyclic) bond motifs is 1. The maximum atomic E-state index is 13.9. The monoisotopic (exact) mass is 545 g/mol. The molecule has 0 saturated carbocycles. The van der Waals surface area contributed by atoms with Crippen molar-refractivity contribution in [1.29, 1.82) is 0 Å². The maximum Gasteiger partial charge on any atom is 0.338 e. The van der Waals surface area contributed by atoms with Crippen LogP contribution in [0.3, 0.4) is 0 Å². The van der Waals surface area contributed by atoms with E-state index in [-0.39, 0.29) is 12.2 Å². The second-order valence-electron chi connectivity index (χ2n) is 9.35. The topological polar surface area (TPSA) is 65.6 Å². The van der Waals surface area contributed by atoms with Crippen molar-refractivity contribution in [2.45, 2.75) is 40.7 Å². The number of hydrogen-bond donors (Lipinski definition) is 0. The second-order valence-corrected chi connectivity index (χ2v) is 10.8. The summed E-state index contributed by atoms with van der Waals surface area (Å²) in [5.74, 6) is -0.460. The molecule has 0 amide bonds. The van der Waals surface area contributed by atoms with Crippen LogP contribution in [-0.2, 0) is 9.53 Å². The SMILES string of the molecule is CCOC(=O)C1=C(C)N=c2s/c(=C/c3cc(C)n(-c4cccc(Cl)c4)c3C)c(=O)n2[C@@H]1c1ccc(C)cc1. The van der Waals surface area contributed by atoms with E-state index in [4.69, 9.17) is 16.3 Å². The minimum absolute atomic E-state index is 0.193. The number of ether oxygens (including phenoxy) is 1. The Morgan fingerprint density at radius 2 is 1.84 bits per heavy atom. The second kappa shape index (κ2) is 10.2. The van der Waals surface area contributed by atoms with Gasteiger partial charge in [-0.2, -0.15) is 0 Å². The van der Waals surface area contributed by atoms with Crippen LogP contribution in [0.4, 0.5) is 0 Å². The van der Waals surface area contributed by atoms with Crippen LogP contribution in [0.15, 0.2) is 75.7 Å². The average Bonchev–Trinajstić information content (AvgIpc) is 3.33. The fraction of sp³-hybridized carbons (Fsp3) is 0.233. The first kappa shape index (κ1) is 25.9. The van der Waals surface area contributed by atoms with E-state index in [0.717, 1.165) is 33.8 Å². The van der Waals surface area contributed by atoms with E-state index in [1.54, 1.807) is 18.4 Å². The molecule has 8 heteroatoms. The van der Waals surface area contributed by atoms with Gasteiger partial charge in [0.1, 0.15) is 0 Å². The van der Waals surface area contributed by atoms with Crippen LogP contribution in [0, 0.1) is 20.8 Å². The van der Waals surface area contributed by atoms with Gasteiger partial charge in [-0.1, -0.05) is 58.8 Å². The normalized spacial score (nSPS) is 15.4. The number of thiazole rings is 1.